The lowest BCUT2D eigenvalue weighted by molar-refractivity contribution is 0.0583. The Balaban J connectivity index is 1.70. The number of halogens is 1. The zero-order valence-electron chi connectivity index (χ0n) is 15.0. The van der Waals surface area contributed by atoms with Crippen LogP contribution in [-0.4, -0.2) is 29.4 Å². The summed E-state index contributed by atoms with van der Waals surface area (Å²) in [7, 11) is 0. The summed E-state index contributed by atoms with van der Waals surface area (Å²) >= 11 is 0. The standard InChI is InChI=1S/C21H25FN2O2/c1-15(23)20-10-2-3-11-24(20)21(25)17-7-4-6-16(12-17)14-26-19-9-5-8-18(22)13-19/h4-9,12-13,15,20H,2-3,10-11,14,23H2,1H3. The van der Waals surface area contributed by atoms with Crippen molar-refractivity contribution in [3.63, 3.8) is 0 Å². The molecule has 5 heteroatoms. The number of piperidine rings is 1. The Hall–Kier alpha value is -2.40. The number of nitrogens with two attached hydrogens (primary N) is 1. The van der Waals surface area contributed by atoms with Crippen LogP contribution < -0.4 is 10.5 Å². The summed E-state index contributed by atoms with van der Waals surface area (Å²) in [6.07, 6.45) is 3.07. The van der Waals surface area contributed by atoms with E-state index in [-0.39, 0.29) is 30.4 Å². The SMILES string of the molecule is CC(N)C1CCCCN1C(=O)c1cccc(COc2cccc(F)c2)c1. The van der Waals surface area contributed by atoms with Crippen molar-refractivity contribution < 1.29 is 13.9 Å². The van der Waals surface area contributed by atoms with E-state index >= 15 is 0 Å². The topological polar surface area (TPSA) is 55.6 Å². The molecule has 0 aliphatic carbocycles. The average molecular weight is 356 g/mol. The normalized spacial score (nSPS) is 18.4. The van der Waals surface area contributed by atoms with Gasteiger partial charge in [-0.25, -0.2) is 4.39 Å². The zero-order valence-corrected chi connectivity index (χ0v) is 15.0. The molecule has 2 atom stereocenters. The summed E-state index contributed by atoms with van der Waals surface area (Å²) in [6.45, 7) is 2.98. The lowest BCUT2D eigenvalue weighted by Gasteiger charge is -2.38. The lowest BCUT2D eigenvalue weighted by atomic mass is 9.96. The predicted octanol–water partition coefficient (Wildman–Crippen LogP) is 3.75. The second-order valence-electron chi connectivity index (χ2n) is 6.87. The van der Waals surface area contributed by atoms with Crippen molar-refractivity contribution in [2.24, 2.45) is 5.73 Å². The second-order valence-corrected chi connectivity index (χ2v) is 6.87. The first-order chi connectivity index (χ1) is 12.5. The molecule has 2 N–H and O–H groups in total. The van der Waals surface area contributed by atoms with Crippen molar-refractivity contribution in [3.05, 3.63) is 65.5 Å². The number of rotatable bonds is 5. The van der Waals surface area contributed by atoms with Crippen LogP contribution in [0.4, 0.5) is 4.39 Å². The maximum atomic E-state index is 13.2. The van der Waals surface area contributed by atoms with Gasteiger partial charge < -0.3 is 15.4 Å². The minimum absolute atomic E-state index is 0.0135. The van der Waals surface area contributed by atoms with Crippen molar-refractivity contribution in [3.8, 4) is 5.75 Å². The third-order valence-corrected chi connectivity index (χ3v) is 4.79. The van der Waals surface area contributed by atoms with E-state index in [1.807, 2.05) is 36.1 Å². The van der Waals surface area contributed by atoms with Gasteiger partial charge in [-0.2, -0.15) is 0 Å². The fourth-order valence-corrected chi connectivity index (χ4v) is 3.44. The van der Waals surface area contributed by atoms with Gasteiger partial charge in [0.1, 0.15) is 18.2 Å². The van der Waals surface area contributed by atoms with Gasteiger partial charge in [-0.1, -0.05) is 18.2 Å². The summed E-state index contributed by atoms with van der Waals surface area (Å²) in [5.74, 6) is 0.146. The van der Waals surface area contributed by atoms with Crippen LogP contribution in [0.15, 0.2) is 48.5 Å². The van der Waals surface area contributed by atoms with Crippen molar-refractivity contribution in [2.45, 2.75) is 44.9 Å². The molecule has 2 aromatic carbocycles. The highest BCUT2D eigenvalue weighted by Gasteiger charge is 2.29. The molecule has 1 heterocycles. The number of carbonyl (C=O) groups excluding carboxylic acids is 1. The van der Waals surface area contributed by atoms with E-state index in [2.05, 4.69) is 0 Å². The molecule has 0 bridgehead atoms. The fraction of sp³-hybridized carbons (Fsp3) is 0.381. The lowest BCUT2D eigenvalue weighted by Crippen LogP contribution is -2.51. The van der Waals surface area contributed by atoms with Gasteiger partial charge in [0.15, 0.2) is 0 Å². The van der Waals surface area contributed by atoms with E-state index in [0.29, 0.717) is 11.3 Å². The molecule has 0 radical (unpaired) electrons. The summed E-state index contributed by atoms with van der Waals surface area (Å²) in [5, 5.41) is 0. The average Bonchev–Trinajstić information content (AvgIpc) is 2.66. The number of likely N-dealkylation sites (tertiary alicyclic amines) is 1. The monoisotopic (exact) mass is 356 g/mol. The number of amides is 1. The van der Waals surface area contributed by atoms with Crippen molar-refractivity contribution >= 4 is 5.91 Å². The van der Waals surface area contributed by atoms with Gasteiger partial charge in [0, 0.05) is 30.3 Å². The molecule has 1 aliphatic rings. The number of ether oxygens (including phenoxy) is 1. The molecular weight excluding hydrogens is 331 g/mol. The molecule has 3 rings (SSSR count). The molecule has 0 aromatic heterocycles. The number of nitrogens with zero attached hydrogens (tertiary/aromatic N) is 1. The van der Waals surface area contributed by atoms with E-state index in [4.69, 9.17) is 10.5 Å². The summed E-state index contributed by atoms with van der Waals surface area (Å²) in [4.78, 5) is 14.9. The molecule has 2 unspecified atom stereocenters. The molecule has 1 amide bonds. The van der Waals surface area contributed by atoms with Gasteiger partial charge in [-0.05, 0) is 56.0 Å². The first kappa shape index (κ1) is 18.4. The molecule has 1 fully saturated rings. The van der Waals surface area contributed by atoms with Gasteiger partial charge in [0.25, 0.3) is 5.91 Å². The number of hydrogen-bond acceptors (Lipinski definition) is 3. The molecule has 4 nitrogen and oxygen atoms in total. The second kappa shape index (κ2) is 8.32. The van der Waals surface area contributed by atoms with E-state index in [1.54, 1.807) is 12.1 Å². The Morgan fingerprint density at radius 1 is 1.27 bits per heavy atom. The van der Waals surface area contributed by atoms with Crippen LogP contribution in [0.25, 0.3) is 0 Å². The van der Waals surface area contributed by atoms with Crippen molar-refractivity contribution in [1.29, 1.82) is 0 Å². The summed E-state index contributed by atoms with van der Waals surface area (Å²) in [6, 6.07) is 13.5. The predicted molar refractivity (Wildman–Crippen MR) is 99.5 cm³/mol. The van der Waals surface area contributed by atoms with Gasteiger partial charge in [0.2, 0.25) is 0 Å². The van der Waals surface area contributed by atoms with Crippen LogP contribution in [0.3, 0.4) is 0 Å². The quantitative estimate of drug-likeness (QED) is 0.888. The van der Waals surface area contributed by atoms with Gasteiger partial charge in [-0.3, -0.25) is 4.79 Å². The molecule has 0 saturated carbocycles. The van der Waals surface area contributed by atoms with Crippen molar-refractivity contribution in [2.75, 3.05) is 6.54 Å². The molecular formula is C21H25FN2O2. The Labute approximate surface area is 153 Å². The highest BCUT2D eigenvalue weighted by atomic mass is 19.1. The Morgan fingerprint density at radius 2 is 2.08 bits per heavy atom. The van der Waals surface area contributed by atoms with E-state index < -0.39 is 0 Å². The van der Waals surface area contributed by atoms with Gasteiger partial charge in [0.05, 0.1) is 0 Å². The highest BCUT2D eigenvalue weighted by molar-refractivity contribution is 5.94. The smallest absolute Gasteiger partial charge is 0.254 e. The molecule has 2 aromatic rings. The van der Waals surface area contributed by atoms with Crippen LogP contribution in [0.1, 0.15) is 42.1 Å². The number of benzene rings is 2. The largest absolute Gasteiger partial charge is 0.489 e. The van der Waals surface area contributed by atoms with Gasteiger partial charge in [-0.15, -0.1) is 0 Å². The maximum Gasteiger partial charge on any atom is 0.254 e. The fourth-order valence-electron chi connectivity index (χ4n) is 3.44. The van der Waals surface area contributed by atoms with Crippen LogP contribution in [0.2, 0.25) is 0 Å². The minimum Gasteiger partial charge on any atom is -0.489 e. The first-order valence-corrected chi connectivity index (χ1v) is 9.08. The van der Waals surface area contributed by atoms with Gasteiger partial charge >= 0.3 is 0 Å². The zero-order chi connectivity index (χ0) is 18.5. The van der Waals surface area contributed by atoms with Crippen LogP contribution in [0.5, 0.6) is 5.75 Å². The molecule has 1 aliphatic heterocycles. The third kappa shape index (κ3) is 4.41. The highest BCUT2D eigenvalue weighted by Crippen LogP contribution is 2.22. The van der Waals surface area contributed by atoms with Crippen LogP contribution in [-0.2, 0) is 6.61 Å². The number of carbonyl (C=O) groups is 1. The maximum absolute atomic E-state index is 13.2. The molecule has 138 valence electrons. The van der Waals surface area contributed by atoms with E-state index in [0.717, 1.165) is 31.4 Å². The minimum atomic E-state index is -0.335. The Kier molecular flexibility index (Phi) is 5.89. The van der Waals surface area contributed by atoms with Crippen LogP contribution >= 0.6 is 0 Å². The Bertz CT molecular complexity index is 763. The van der Waals surface area contributed by atoms with Crippen LogP contribution in [0, 0.1) is 5.82 Å². The van der Waals surface area contributed by atoms with Crippen molar-refractivity contribution in [1.82, 2.24) is 4.90 Å². The summed E-state index contributed by atoms with van der Waals surface area (Å²) in [5.41, 5.74) is 7.59. The Morgan fingerprint density at radius 3 is 2.85 bits per heavy atom. The number of hydrogen-bond donors (Lipinski definition) is 1. The summed E-state index contributed by atoms with van der Waals surface area (Å²) < 4.78 is 18.9. The molecule has 26 heavy (non-hydrogen) atoms. The molecule has 1 saturated heterocycles. The third-order valence-electron chi connectivity index (χ3n) is 4.79. The van der Waals surface area contributed by atoms with E-state index in [9.17, 15) is 9.18 Å². The first-order valence-electron chi connectivity index (χ1n) is 9.08. The van der Waals surface area contributed by atoms with E-state index in [1.165, 1.54) is 12.1 Å². The molecule has 0 spiro atoms.